The lowest BCUT2D eigenvalue weighted by Crippen LogP contribution is -2.23. The maximum Gasteiger partial charge on any atom is 0.261 e. The molecule has 0 radical (unpaired) electrons. The Morgan fingerprint density at radius 1 is 0.818 bits per heavy atom. The summed E-state index contributed by atoms with van der Waals surface area (Å²) in [6.07, 6.45) is 0.993. The predicted octanol–water partition coefficient (Wildman–Crippen LogP) is 3.73. The van der Waals surface area contributed by atoms with Crippen molar-refractivity contribution in [2.75, 3.05) is 36.8 Å². The van der Waals surface area contributed by atoms with Crippen molar-refractivity contribution in [3.8, 4) is 0 Å². The molecule has 1 fully saturated rings. The topological polar surface area (TPSA) is 86.8 Å². The second kappa shape index (κ2) is 9.17. The maximum atomic E-state index is 13.1. The number of nitrogens with zero attached hydrogens (tertiary/aromatic N) is 2. The first-order chi connectivity index (χ1) is 15.7. The minimum atomic E-state index is -3.90. The molecular formula is C24H27N3O4S2. The van der Waals surface area contributed by atoms with Crippen LogP contribution in [0.1, 0.15) is 17.9 Å². The van der Waals surface area contributed by atoms with Gasteiger partial charge in [-0.2, -0.15) is 0 Å². The Kier molecular flexibility index (Phi) is 6.47. The molecule has 1 heterocycles. The monoisotopic (exact) mass is 485 g/mol. The highest BCUT2D eigenvalue weighted by molar-refractivity contribution is 7.92. The fourth-order valence-electron chi connectivity index (χ4n) is 4.02. The van der Waals surface area contributed by atoms with Crippen molar-refractivity contribution in [1.29, 1.82) is 0 Å². The first-order valence-electron chi connectivity index (χ1n) is 10.6. The molecule has 1 unspecified atom stereocenters. The Balaban J connectivity index is 1.55. The zero-order valence-corrected chi connectivity index (χ0v) is 20.2. The van der Waals surface area contributed by atoms with Crippen LogP contribution in [0.2, 0.25) is 0 Å². The molecule has 1 N–H and O–H groups in total. The standard InChI is InChI=1S/C24H27N3O4S2/c1-26(2)33(30,31)22-14-12-21(13-15-22)32(28,29)25-23-10-6-7-11-24(23)27-17-16-20(18-27)19-8-4-3-5-9-19/h3-15,20,25H,16-18H2,1-2H3. The van der Waals surface area contributed by atoms with Crippen LogP contribution in [-0.2, 0) is 20.0 Å². The molecule has 0 aliphatic carbocycles. The molecule has 3 aromatic carbocycles. The zero-order valence-electron chi connectivity index (χ0n) is 18.5. The molecule has 0 spiro atoms. The molecule has 3 aromatic rings. The van der Waals surface area contributed by atoms with E-state index < -0.39 is 20.0 Å². The van der Waals surface area contributed by atoms with Gasteiger partial charge in [0.2, 0.25) is 10.0 Å². The fourth-order valence-corrected chi connectivity index (χ4v) is 5.99. The van der Waals surface area contributed by atoms with Crippen molar-refractivity contribution in [3.05, 3.63) is 84.4 Å². The van der Waals surface area contributed by atoms with Gasteiger partial charge in [0, 0.05) is 33.1 Å². The Bertz CT molecular complexity index is 1320. The summed E-state index contributed by atoms with van der Waals surface area (Å²) in [4.78, 5) is 2.23. The van der Waals surface area contributed by atoms with Crippen LogP contribution in [0, 0.1) is 0 Å². The van der Waals surface area contributed by atoms with Crippen molar-refractivity contribution in [3.63, 3.8) is 0 Å². The fraction of sp³-hybridized carbons (Fsp3) is 0.250. The van der Waals surface area contributed by atoms with Crippen LogP contribution in [0.15, 0.2) is 88.7 Å². The number of para-hydroxylation sites is 2. The number of benzene rings is 3. The van der Waals surface area contributed by atoms with Gasteiger partial charge in [0.05, 0.1) is 21.2 Å². The van der Waals surface area contributed by atoms with Gasteiger partial charge in [-0.15, -0.1) is 0 Å². The minimum Gasteiger partial charge on any atom is -0.369 e. The second-order valence-electron chi connectivity index (χ2n) is 8.22. The molecule has 7 nitrogen and oxygen atoms in total. The average molecular weight is 486 g/mol. The van der Waals surface area contributed by atoms with Crippen LogP contribution in [-0.4, -0.2) is 48.3 Å². The molecule has 0 amide bonds. The van der Waals surface area contributed by atoms with Gasteiger partial charge in [0.15, 0.2) is 0 Å². The van der Waals surface area contributed by atoms with Crippen LogP contribution in [0.4, 0.5) is 11.4 Å². The van der Waals surface area contributed by atoms with Crippen molar-refractivity contribution in [2.24, 2.45) is 0 Å². The molecule has 33 heavy (non-hydrogen) atoms. The van der Waals surface area contributed by atoms with Gasteiger partial charge in [-0.1, -0.05) is 42.5 Å². The molecule has 1 aliphatic heterocycles. The average Bonchev–Trinajstić information content (AvgIpc) is 3.30. The van der Waals surface area contributed by atoms with Gasteiger partial charge in [0.25, 0.3) is 10.0 Å². The van der Waals surface area contributed by atoms with Crippen molar-refractivity contribution in [2.45, 2.75) is 22.1 Å². The van der Waals surface area contributed by atoms with E-state index in [0.717, 1.165) is 29.5 Å². The van der Waals surface area contributed by atoms with E-state index in [1.807, 2.05) is 30.3 Å². The van der Waals surface area contributed by atoms with E-state index >= 15 is 0 Å². The van der Waals surface area contributed by atoms with Crippen LogP contribution >= 0.6 is 0 Å². The van der Waals surface area contributed by atoms with E-state index in [2.05, 4.69) is 21.8 Å². The molecule has 0 saturated carbocycles. The first kappa shape index (κ1) is 23.3. The Morgan fingerprint density at radius 3 is 2.09 bits per heavy atom. The first-order valence-corrected chi connectivity index (χ1v) is 13.5. The van der Waals surface area contributed by atoms with Gasteiger partial charge in [-0.25, -0.2) is 21.1 Å². The quantitative estimate of drug-likeness (QED) is 0.551. The number of hydrogen-bond donors (Lipinski definition) is 1. The summed E-state index contributed by atoms with van der Waals surface area (Å²) >= 11 is 0. The lowest BCUT2D eigenvalue weighted by Gasteiger charge is -2.23. The molecule has 174 valence electrons. The maximum absolute atomic E-state index is 13.1. The highest BCUT2D eigenvalue weighted by atomic mass is 32.2. The number of sulfonamides is 2. The van der Waals surface area contributed by atoms with Gasteiger partial charge in [-0.05, 0) is 48.4 Å². The largest absolute Gasteiger partial charge is 0.369 e. The van der Waals surface area contributed by atoms with Crippen molar-refractivity contribution >= 4 is 31.4 Å². The summed E-state index contributed by atoms with van der Waals surface area (Å²) in [6, 6.07) is 22.9. The highest BCUT2D eigenvalue weighted by Crippen LogP contribution is 2.35. The zero-order chi connectivity index (χ0) is 23.6. The third-order valence-electron chi connectivity index (χ3n) is 5.86. The molecule has 9 heteroatoms. The van der Waals surface area contributed by atoms with E-state index in [9.17, 15) is 16.8 Å². The third-order valence-corrected chi connectivity index (χ3v) is 9.07. The van der Waals surface area contributed by atoms with E-state index in [0.29, 0.717) is 11.6 Å². The number of nitrogens with one attached hydrogen (secondary N) is 1. The molecule has 4 rings (SSSR count). The van der Waals surface area contributed by atoms with Gasteiger partial charge >= 0.3 is 0 Å². The Labute approximate surface area is 195 Å². The Morgan fingerprint density at radius 2 is 1.42 bits per heavy atom. The summed E-state index contributed by atoms with van der Waals surface area (Å²) in [7, 11) is -4.67. The molecular weight excluding hydrogens is 458 g/mol. The Hall–Kier alpha value is -2.88. The smallest absolute Gasteiger partial charge is 0.261 e. The predicted molar refractivity (Wildman–Crippen MR) is 131 cm³/mol. The summed E-state index contributed by atoms with van der Waals surface area (Å²) in [6.45, 7) is 1.63. The molecule has 1 atom stereocenters. The third kappa shape index (κ3) is 4.90. The molecule has 1 saturated heterocycles. The molecule has 0 bridgehead atoms. The number of hydrogen-bond acceptors (Lipinski definition) is 5. The normalized spacial score (nSPS) is 16.8. The number of anilines is 2. The summed E-state index contributed by atoms with van der Waals surface area (Å²) in [5.41, 5.74) is 2.60. The second-order valence-corrected chi connectivity index (χ2v) is 12.1. The van der Waals surface area contributed by atoms with E-state index in [1.54, 1.807) is 12.1 Å². The van der Waals surface area contributed by atoms with Crippen LogP contribution in [0.3, 0.4) is 0 Å². The SMILES string of the molecule is CN(C)S(=O)(=O)c1ccc(S(=O)(=O)Nc2ccccc2N2CCC(c3ccccc3)C2)cc1. The van der Waals surface area contributed by atoms with Gasteiger partial charge in [-0.3, -0.25) is 4.72 Å². The van der Waals surface area contributed by atoms with Crippen LogP contribution in [0.5, 0.6) is 0 Å². The molecule has 0 aromatic heterocycles. The minimum absolute atomic E-state index is 0.00130. The summed E-state index contributed by atoms with van der Waals surface area (Å²) in [5, 5.41) is 0. The van der Waals surface area contributed by atoms with Crippen LogP contribution in [0.25, 0.3) is 0 Å². The van der Waals surface area contributed by atoms with E-state index in [4.69, 9.17) is 0 Å². The van der Waals surface area contributed by atoms with E-state index in [1.165, 1.54) is 43.9 Å². The molecule has 1 aliphatic rings. The van der Waals surface area contributed by atoms with Crippen LogP contribution < -0.4 is 9.62 Å². The lowest BCUT2D eigenvalue weighted by molar-refractivity contribution is 0.520. The number of rotatable bonds is 7. The lowest BCUT2D eigenvalue weighted by atomic mass is 9.99. The summed E-state index contributed by atoms with van der Waals surface area (Å²) < 4.78 is 54.4. The van der Waals surface area contributed by atoms with Crippen molar-refractivity contribution in [1.82, 2.24) is 4.31 Å². The van der Waals surface area contributed by atoms with Gasteiger partial charge < -0.3 is 4.90 Å². The van der Waals surface area contributed by atoms with E-state index in [-0.39, 0.29) is 9.79 Å². The van der Waals surface area contributed by atoms with Gasteiger partial charge in [0.1, 0.15) is 0 Å². The highest BCUT2D eigenvalue weighted by Gasteiger charge is 2.27. The summed E-state index contributed by atoms with van der Waals surface area (Å²) in [5.74, 6) is 0.391. The van der Waals surface area contributed by atoms with Crippen molar-refractivity contribution < 1.29 is 16.8 Å².